The Bertz CT molecular complexity index is 551. The zero-order chi connectivity index (χ0) is 15.4. The summed E-state index contributed by atoms with van der Waals surface area (Å²) in [6.07, 6.45) is 0.0233. The maximum Gasteiger partial charge on any atom is 0.323 e. The number of carbonyl (C=O) groups is 2. The molecular weight excluding hydrogens is 315 g/mol. The van der Waals surface area contributed by atoms with E-state index in [2.05, 4.69) is 5.32 Å². The van der Waals surface area contributed by atoms with Crippen molar-refractivity contribution in [2.45, 2.75) is 19.4 Å². The van der Waals surface area contributed by atoms with Gasteiger partial charge < -0.3 is 10.1 Å². The lowest BCUT2D eigenvalue weighted by atomic mass is 10.1. The van der Waals surface area contributed by atoms with Crippen molar-refractivity contribution in [3.8, 4) is 0 Å². The molecule has 7 heteroatoms. The van der Waals surface area contributed by atoms with Gasteiger partial charge in [0.15, 0.2) is 0 Å². The standard InChI is InChI=1S/C14H16Cl2N2O3/c1-2-18-6-7-21-14(20)11(18)8-12(19)17-10-5-3-4-9(15)13(10)16/h3-5,11H,2,6-8H2,1H3,(H,17,19)/t11-/m0/s1. The van der Waals surface area contributed by atoms with Crippen LogP contribution in [0.2, 0.25) is 10.0 Å². The highest BCUT2D eigenvalue weighted by molar-refractivity contribution is 6.43. The van der Waals surface area contributed by atoms with Crippen LogP contribution in [0.1, 0.15) is 13.3 Å². The predicted molar refractivity (Wildman–Crippen MR) is 81.7 cm³/mol. The first-order valence-electron chi connectivity index (χ1n) is 6.67. The number of carbonyl (C=O) groups excluding carboxylic acids is 2. The van der Waals surface area contributed by atoms with E-state index in [4.69, 9.17) is 27.9 Å². The van der Waals surface area contributed by atoms with Crippen LogP contribution < -0.4 is 5.32 Å². The lowest BCUT2D eigenvalue weighted by Crippen LogP contribution is -2.50. The van der Waals surface area contributed by atoms with Crippen molar-refractivity contribution in [2.75, 3.05) is 25.0 Å². The van der Waals surface area contributed by atoms with Gasteiger partial charge in [-0.1, -0.05) is 36.2 Å². The maximum atomic E-state index is 12.1. The van der Waals surface area contributed by atoms with Crippen LogP contribution in [-0.2, 0) is 14.3 Å². The fourth-order valence-electron chi connectivity index (χ4n) is 2.23. The van der Waals surface area contributed by atoms with E-state index < -0.39 is 6.04 Å². The van der Waals surface area contributed by atoms with Crippen molar-refractivity contribution in [1.82, 2.24) is 4.90 Å². The summed E-state index contributed by atoms with van der Waals surface area (Å²) in [5, 5.41) is 3.32. The van der Waals surface area contributed by atoms with E-state index in [0.717, 1.165) is 0 Å². The maximum absolute atomic E-state index is 12.1. The van der Waals surface area contributed by atoms with Crippen molar-refractivity contribution in [1.29, 1.82) is 0 Å². The van der Waals surface area contributed by atoms with Gasteiger partial charge >= 0.3 is 5.97 Å². The molecule has 2 rings (SSSR count). The summed E-state index contributed by atoms with van der Waals surface area (Å²) in [5.41, 5.74) is 0.432. The number of anilines is 1. The minimum absolute atomic E-state index is 0.0233. The van der Waals surface area contributed by atoms with Crippen LogP contribution in [0.5, 0.6) is 0 Å². The number of cyclic esters (lactones) is 1. The third-order valence-electron chi connectivity index (χ3n) is 3.35. The summed E-state index contributed by atoms with van der Waals surface area (Å²) in [4.78, 5) is 25.8. The third-order valence-corrected chi connectivity index (χ3v) is 4.17. The number of nitrogens with one attached hydrogen (secondary N) is 1. The SMILES string of the molecule is CCN1CCOC(=O)[C@@H]1CC(=O)Nc1cccc(Cl)c1Cl. The van der Waals surface area contributed by atoms with Crippen molar-refractivity contribution < 1.29 is 14.3 Å². The molecule has 21 heavy (non-hydrogen) atoms. The van der Waals surface area contributed by atoms with Gasteiger partial charge in [0, 0.05) is 6.54 Å². The minimum Gasteiger partial charge on any atom is -0.463 e. The van der Waals surface area contributed by atoms with Crippen LogP contribution in [0, 0.1) is 0 Å². The van der Waals surface area contributed by atoms with Crippen molar-refractivity contribution >= 4 is 40.8 Å². The van der Waals surface area contributed by atoms with Gasteiger partial charge in [0.1, 0.15) is 12.6 Å². The first-order chi connectivity index (χ1) is 10.0. The molecule has 1 fully saturated rings. The summed E-state index contributed by atoms with van der Waals surface area (Å²) >= 11 is 11.9. The van der Waals surface area contributed by atoms with Gasteiger partial charge in [0.05, 0.1) is 22.2 Å². The largest absolute Gasteiger partial charge is 0.463 e. The smallest absolute Gasteiger partial charge is 0.323 e. The molecule has 114 valence electrons. The Kier molecular flexibility index (Phi) is 5.45. The predicted octanol–water partition coefficient (Wildman–Crippen LogP) is 2.57. The molecule has 0 radical (unpaired) electrons. The summed E-state index contributed by atoms with van der Waals surface area (Å²) in [7, 11) is 0. The molecule has 1 saturated heterocycles. The number of rotatable bonds is 4. The number of likely N-dealkylation sites (N-methyl/N-ethyl adjacent to an activating group) is 1. The molecule has 0 aromatic heterocycles. The average molecular weight is 331 g/mol. The topological polar surface area (TPSA) is 58.6 Å². The number of ether oxygens (including phenoxy) is 1. The number of hydrogen-bond acceptors (Lipinski definition) is 4. The summed E-state index contributed by atoms with van der Waals surface area (Å²) < 4.78 is 5.01. The molecule has 1 aromatic rings. The number of hydrogen-bond donors (Lipinski definition) is 1. The van der Waals surface area contributed by atoms with Crippen LogP contribution in [-0.4, -0.2) is 42.5 Å². The number of halogens is 2. The van der Waals surface area contributed by atoms with E-state index in [1.807, 2.05) is 11.8 Å². The number of benzene rings is 1. The molecular formula is C14H16Cl2N2O3. The zero-order valence-corrected chi connectivity index (χ0v) is 13.1. The quantitative estimate of drug-likeness (QED) is 0.862. The normalized spacial score (nSPS) is 19.2. The van der Waals surface area contributed by atoms with Crippen LogP contribution in [0.25, 0.3) is 0 Å². The van der Waals surface area contributed by atoms with Crippen LogP contribution in [0.4, 0.5) is 5.69 Å². The third kappa shape index (κ3) is 3.87. The number of morpholine rings is 1. The second-order valence-electron chi connectivity index (χ2n) is 4.67. The summed E-state index contributed by atoms with van der Waals surface area (Å²) in [6.45, 7) is 3.63. The van der Waals surface area contributed by atoms with E-state index >= 15 is 0 Å². The highest BCUT2D eigenvalue weighted by atomic mass is 35.5. The average Bonchev–Trinajstić information content (AvgIpc) is 2.46. The van der Waals surface area contributed by atoms with Gasteiger partial charge in [-0.15, -0.1) is 0 Å². The zero-order valence-electron chi connectivity index (χ0n) is 11.6. The molecule has 1 atom stereocenters. The van der Waals surface area contributed by atoms with Gasteiger partial charge in [-0.2, -0.15) is 0 Å². The molecule has 1 aliphatic heterocycles. The Labute approximate surface area is 133 Å². The molecule has 0 aliphatic carbocycles. The van der Waals surface area contributed by atoms with E-state index in [0.29, 0.717) is 30.4 Å². The Hall–Kier alpha value is -1.30. The second-order valence-corrected chi connectivity index (χ2v) is 5.45. The van der Waals surface area contributed by atoms with Crippen molar-refractivity contribution in [3.05, 3.63) is 28.2 Å². The minimum atomic E-state index is -0.554. The van der Waals surface area contributed by atoms with Gasteiger partial charge in [-0.05, 0) is 18.7 Å². The molecule has 1 aromatic carbocycles. The first kappa shape index (κ1) is 16.1. The van der Waals surface area contributed by atoms with Gasteiger partial charge in [0.25, 0.3) is 0 Å². The Balaban J connectivity index is 2.03. The number of esters is 1. The van der Waals surface area contributed by atoms with Crippen LogP contribution >= 0.6 is 23.2 Å². The van der Waals surface area contributed by atoms with Gasteiger partial charge in [-0.3, -0.25) is 14.5 Å². The van der Waals surface area contributed by atoms with Crippen molar-refractivity contribution in [2.24, 2.45) is 0 Å². The lowest BCUT2D eigenvalue weighted by Gasteiger charge is -2.32. The second kappa shape index (κ2) is 7.11. The van der Waals surface area contributed by atoms with Crippen molar-refractivity contribution in [3.63, 3.8) is 0 Å². The number of amides is 1. The van der Waals surface area contributed by atoms with E-state index in [1.165, 1.54) is 0 Å². The van der Waals surface area contributed by atoms with E-state index in [9.17, 15) is 9.59 Å². The molecule has 1 amide bonds. The molecule has 0 unspecified atom stereocenters. The number of nitrogens with zero attached hydrogens (tertiary/aromatic N) is 1. The van der Waals surface area contributed by atoms with E-state index in [1.54, 1.807) is 18.2 Å². The van der Waals surface area contributed by atoms with Crippen LogP contribution in [0.15, 0.2) is 18.2 Å². The molecule has 0 spiro atoms. The van der Waals surface area contributed by atoms with E-state index in [-0.39, 0.29) is 23.3 Å². The Morgan fingerprint density at radius 3 is 2.95 bits per heavy atom. The summed E-state index contributed by atoms with van der Waals surface area (Å²) in [5.74, 6) is -0.670. The Morgan fingerprint density at radius 1 is 1.48 bits per heavy atom. The molecule has 0 saturated carbocycles. The molecule has 5 nitrogen and oxygen atoms in total. The fraction of sp³-hybridized carbons (Fsp3) is 0.429. The monoisotopic (exact) mass is 330 g/mol. The lowest BCUT2D eigenvalue weighted by molar-refractivity contribution is -0.158. The van der Waals surface area contributed by atoms with Gasteiger partial charge in [-0.25, -0.2) is 0 Å². The first-order valence-corrected chi connectivity index (χ1v) is 7.43. The van der Waals surface area contributed by atoms with Gasteiger partial charge in [0.2, 0.25) is 5.91 Å². The molecule has 1 N–H and O–H groups in total. The summed E-state index contributed by atoms with van der Waals surface area (Å²) in [6, 6.07) is 4.43. The Morgan fingerprint density at radius 2 is 2.24 bits per heavy atom. The fourth-order valence-corrected chi connectivity index (χ4v) is 2.58. The molecule has 0 bridgehead atoms. The van der Waals surface area contributed by atoms with Crippen LogP contribution in [0.3, 0.4) is 0 Å². The highest BCUT2D eigenvalue weighted by Crippen LogP contribution is 2.29. The molecule has 1 heterocycles. The highest BCUT2D eigenvalue weighted by Gasteiger charge is 2.32. The molecule has 1 aliphatic rings.